The molecule has 1 atom stereocenters. The number of rotatable bonds is 8. The summed E-state index contributed by atoms with van der Waals surface area (Å²) in [4.78, 5) is 46.3. The lowest BCUT2D eigenvalue weighted by Crippen LogP contribution is -2.55. The molecule has 11 nitrogen and oxygen atoms in total. The topological polar surface area (TPSA) is 114 Å². The summed E-state index contributed by atoms with van der Waals surface area (Å²) >= 11 is 0. The summed E-state index contributed by atoms with van der Waals surface area (Å²) in [5, 5.41) is 3.16. The van der Waals surface area contributed by atoms with Crippen molar-refractivity contribution in [1.29, 1.82) is 0 Å². The van der Waals surface area contributed by atoms with Crippen molar-refractivity contribution in [3.05, 3.63) is 24.5 Å². The first-order chi connectivity index (χ1) is 16.4. The Morgan fingerprint density at radius 3 is 2.38 bits per heavy atom. The number of nitrogens with zero attached hydrogens (tertiary/aromatic N) is 4. The molecular weight excluding hydrogens is 442 g/mol. The minimum atomic E-state index is -0.987. The zero-order valence-corrected chi connectivity index (χ0v) is 20.0. The normalized spacial score (nSPS) is 18.2. The summed E-state index contributed by atoms with van der Waals surface area (Å²) in [6, 6.07) is 4.10. The van der Waals surface area contributed by atoms with Crippen molar-refractivity contribution in [2.24, 2.45) is 0 Å². The molecule has 34 heavy (non-hydrogen) atoms. The molecule has 0 saturated carbocycles. The van der Waals surface area contributed by atoms with Crippen molar-refractivity contribution < 1.29 is 28.6 Å². The quantitative estimate of drug-likeness (QED) is 0.442. The van der Waals surface area contributed by atoms with Crippen LogP contribution in [0.5, 0.6) is 0 Å². The largest absolute Gasteiger partial charge is 0.511 e. The van der Waals surface area contributed by atoms with Crippen LogP contribution in [0, 0.1) is 0 Å². The number of hydrogen-bond acceptors (Lipinski definition) is 9. The molecule has 11 heteroatoms. The number of hydrogen-bond donors (Lipinski definition) is 1. The Morgan fingerprint density at radius 2 is 1.74 bits per heavy atom. The summed E-state index contributed by atoms with van der Waals surface area (Å²) in [5.41, 5.74) is 1.13. The number of pyridine rings is 1. The van der Waals surface area contributed by atoms with Crippen LogP contribution in [0.2, 0.25) is 0 Å². The highest BCUT2D eigenvalue weighted by molar-refractivity contribution is 5.75. The Labute approximate surface area is 200 Å². The number of esters is 1. The van der Waals surface area contributed by atoms with Crippen molar-refractivity contribution in [1.82, 2.24) is 20.1 Å². The summed E-state index contributed by atoms with van der Waals surface area (Å²) in [5.74, 6) is -0.432. The molecule has 1 aromatic heterocycles. The molecule has 3 rings (SSSR count). The first-order valence-electron chi connectivity index (χ1n) is 11.9. The maximum Gasteiger partial charge on any atom is 0.511 e. The molecule has 2 amide bonds. The molecule has 0 bridgehead atoms. The number of anilines is 1. The number of piperazine rings is 1. The van der Waals surface area contributed by atoms with Gasteiger partial charge in [0.25, 0.3) is 0 Å². The lowest BCUT2D eigenvalue weighted by Gasteiger charge is -2.38. The van der Waals surface area contributed by atoms with Gasteiger partial charge in [0.1, 0.15) is 0 Å². The maximum atomic E-state index is 12.7. The van der Waals surface area contributed by atoms with E-state index in [0.717, 1.165) is 44.7 Å². The number of carbonyl (C=O) groups excluding carboxylic acids is 3. The van der Waals surface area contributed by atoms with E-state index in [0.29, 0.717) is 19.6 Å². The number of carbonyl (C=O) groups is 3. The van der Waals surface area contributed by atoms with E-state index >= 15 is 0 Å². The Hall–Kier alpha value is -3.08. The second-order valence-electron chi connectivity index (χ2n) is 8.35. The van der Waals surface area contributed by atoms with Gasteiger partial charge in [-0.25, -0.2) is 9.59 Å². The lowest BCUT2D eigenvalue weighted by atomic mass is 10.1. The number of urea groups is 1. The van der Waals surface area contributed by atoms with Crippen LogP contribution in [0.4, 0.5) is 15.3 Å². The number of piperidine rings is 1. The van der Waals surface area contributed by atoms with Crippen molar-refractivity contribution in [2.75, 3.05) is 57.3 Å². The van der Waals surface area contributed by atoms with Crippen LogP contribution in [0.1, 0.15) is 33.1 Å². The molecule has 0 radical (unpaired) electrons. The molecule has 1 aromatic rings. The lowest BCUT2D eigenvalue weighted by molar-refractivity contribution is -0.168. The summed E-state index contributed by atoms with van der Waals surface area (Å²) in [6.45, 7) is 8.46. The van der Waals surface area contributed by atoms with E-state index < -0.39 is 18.4 Å². The van der Waals surface area contributed by atoms with Crippen LogP contribution >= 0.6 is 0 Å². The molecular formula is C23H35N5O6. The summed E-state index contributed by atoms with van der Waals surface area (Å²) in [7, 11) is 0. The summed E-state index contributed by atoms with van der Waals surface area (Å²) in [6.07, 6.45) is 3.59. The molecule has 1 N–H and O–H groups in total. The Kier molecular flexibility index (Phi) is 9.75. The van der Waals surface area contributed by atoms with Gasteiger partial charge in [0.2, 0.25) is 6.29 Å². The minimum Gasteiger partial charge on any atom is -0.435 e. The van der Waals surface area contributed by atoms with Gasteiger partial charge in [0.15, 0.2) is 0 Å². The first-order valence-corrected chi connectivity index (χ1v) is 11.9. The van der Waals surface area contributed by atoms with Crippen LogP contribution in [-0.2, 0) is 19.0 Å². The highest BCUT2D eigenvalue weighted by Crippen LogP contribution is 2.16. The number of aromatic nitrogens is 1. The van der Waals surface area contributed by atoms with Crippen LogP contribution in [-0.4, -0.2) is 97.7 Å². The average Bonchev–Trinajstić information content (AvgIpc) is 2.84. The number of amides is 2. The molecule has 2 fully saturated rings. The maximum absolute atomic E-state index is 12.7. The summed E-state index contributed by atoms with van der Waals surface area (Å²) < 4.78 is 14.5. The van der Waals surface area contributed by atoms with Crippen LogP contribution < -0.4 is 10.2 Å². The van der Waals surface area contributed by atoms with Crippen molar-refractivity contribution in [2.45, 2.75) is 45.4 Å². The highest BCUT2D eigenvalue weighted by atomic mass is 16.8. The smallest absolute Gasteiger partial charge is 0.435 e. The zero-order chi connectivity index (χ0) is 24.3. The van der Waals surface area contributed by atoms with Gasteiger partial charge in [-0.3, -0.25) is 9.78 Å². The number of ether oxygens (including phenoxy) is 3. The van der Waals surface area contributed by atoms with Gasteiger partial charge in [0.05, 0.1) is 13.0 Å². The van der Waals surface area contributed by atoms with Gasteiger partial charge >= 0.3 is 18.2 Å². The van der Waals surface area contributed by atoms with Gasteiger partial charge in [-0.05, 0) is 31.9 Å². The zero-order valence-electron chi connectivity index (χ0n) is 20.0. The van der Waals surface area contributed by atoms with Crippen molar-refractivity contribution in [3.8, 4) is 0 Å². The molecule has 0 spiro atoms. The van der Waals surface area contributed by atoms with Gasteiger partial charge < -0.3 is 34.2 Å². The van der Waals surface area contributed by atoms with Crippen LogP contribution in [0.15, 0.2) is 24.5 Å². The molecule has 2 saturated heterocycles. The second-order valence-corrected chi connectivity index (χ2v) is 8.35. The van der Waals surface area contributed by atoms with E-state index in [9.17, 15) is 14.4 Å². The Balaban J connectivity index is 1.29. The highest BCUT2D eigenvalue weighted by Gasteiger charge is 2.26. The van der Waals surface area contributed by atoms with E-state index in [-0.39, 0.29) is 25.1 Å². The van der Waals surface area contributed by atoms with E-state index in [1.54, 1.807) is 19.3 Å². The third kappa shape index (κ3) is 8.05. The fourth-order valence-electron chi connectivity index (χ4n) is 4.09. The monoisotopic (exact) mass is 477 g/mol. The molecule has 2 aliphatic heterocycles. The second kappa shape index (κ2) is 13.0. The number of nitrogens with one attached hydrogen (secondary N) is 1. The third-order valence-electron chi connectivity index (χ3n) is 5.96. The van der Waals surface area contributed by atoms with Gasteiger partial charge in [-0.2, -0.15) is 0 Å². The Morgan fingerprint density at radius 1 is 1.06 bits per heavy atom. The van der Waals surface area contributed by atoms with E-state index in [2.05, 4.69) is 24.8 Å². The molecule has 2 aliphatic rings. The average molecular weight is 478 g/mol. The molecule has 1 unspecified atom stereocenters. The van der Waals surface area contributed by atoms with Crippen molar-refractivity contribution >= 4 is 23.8 Å². The molecule has 188 valence electrons. The van der Waals surface area contributed by atoms with E-state index in [4.69, 9.17) is 9.47 Å². The fraction of sp³-hybridized carbons (Fsp3) is 0.652. The predicted molar refractivity (Wildman–Crippen MR) is 124 cm³/mol. The van der Waals surface area contributed by atoms with Gasteiger partial charge in [-0.15, -0.1) is 0 Å². The van der Waals surface area contributed by atoms with E-state index in [1.807, 2.05) is 17.0 Å². The Bertz CT molecular complexity index is 794. The van der Waals surface area contributed by atoms with Gasteiger partial charge in [-0.1, -0.05) is 0 Å². The SMILES string of the molecule is CCOC(=O)OC(C)OC(=O)CCN1CCC(NC(=O)N2CCN(c3ccncc3)CC2)CC1. The number of likely N-dealkylation sites (tertiary alicyclic amines) is 1. The van der Waals surface area contributed by atoms with Crippen molar-refractivity contribution in [3.63, 3.8) is 0 Å². The standard InChI is InChI=1S/C23H35N5O6/c1-3-32-23(31)34-18(2)33-21(29)8-13-26-11-6-19(7-12-26)25-22(30)28-16-14-27(15-17-28)20-4-9-24-10-5-20/h4-5,9-10,18-19H,3,6-8,11-17H2,1-2H3,(H,25,30). The fourth-order valence-corrected chi connectivity index (χ4v) is 4.09. The van der Waals surface area contributed by atoms with Crippen LogP contribution in [0.3, 0.4) is 0 Å². The van der Waals surface area contributed by atoms with Gasteiger partial charge in [0, 0.05) is 76.9 Å². The predicted octanol–water partition coefficient (Wildman–Crippen LogP) is 1.83. The third-order valence-corrected chi connectivity index (χ3v) is 5.96. The molecule has 0 aromatic carbocycles. The van der Waals surface area contributed by atoms with E-state index in [1.165, 1.54) is 6.92 Å². The minimum absolute atomic E-state index is 0.00741. The first kappa shape index (κ1) is 25.5. The molecule has 0 aliphatic carbocycles. The molecule has 3 heterocycles. The van der Waals surface area contributed by atoms with Crippen LogP contribution in [0.25, 0.3) is 0 Å².